The van der Waals surface area contributed by atoms with Crippen LogP contribution in [0.5, 0.6) is 5.75 Å². The molecular formula is C21H17F6N3O3. The van der Waals surface area contributed by atoms with Crippen LogP contribution in [0.2, 0.25) is 0 Å². The van der Waals surface area contributed by atoms with E-state index in [0.717, 1.165) is 5.69 Å². The number of nitrogens with one attached hydrogen (secondary N) is 1. The second-order valence-corrected chi connectivity index (χ2v) is 7.84. The highest BCUT2D eigenvalue weighted by molar-refractivity contribution is 5.78. The van der Waals surface area contributed by atoms with Gasteiger partial charge >= 0.3 is 18.3 Å². The second kappa shape index (κ2) is 8.25. The van der Waals surface area contributed by atoms with E-state index in [2.05, 4.69) is 9.97 Å². The molecule has 1 aromatic carbocycles. The molecule has 0 radical (unpaired) electrons. The summed E-state index contributed by atoms with van der Waals surface area (Å²) in [6.45, 7) is 0.843. The highest BCUT2D eigenvalue weighted by Crippen LogP contribution is 2.36. The zero-order valence-electron chi connectivity index (χ0n) is 16.8. The maximum atomic E-state index is 13.0. The molecule has 3 heterocycles. The minimum absolute atomic E-state index is 0.0647. The Balaban J connectivity index is 1.47. The Morgan fingerprint density at radius 3 is 2.27 bits per heavy atom. The van der Waals surface area contributed by atoms with Gasteiger partial charge in [-0.05, 0) is 35.9 Å². The van der Waals surface area contributed by atoms with E-state index >= 15 is 0 Å². The molecule has 0 aliphatic carbocycles. The number of benzene rings is 1. The van der Waals surface area contributed by atoms with Crippen molar-refractivity contribution in [1.82, 2.24) is 14.9 Å². The zero-order chi connectivity index (χ0) is 24.0. The third kappa shape index (κ3) is 5.21. The molecule has 0 unspecified atom stereocenters. The number of aliphatic carboxylic acids is 1. The molecule has 4 rings (SSSR count). The predicted molar refractivity (Wildman–Crippen MR) is 103 cm³/mol. The van der Waals surface area contributed by atoms with Gasteiger partial charge in [-0.3, -0.25) is 9.69 Å². The lowest BCUT2D eigenvalue weighted by molar-refractivity contribution is -0.148. The highest BCUT2D eigenvalue weighted by atomic mass is 19.4. The number of aromatic nitrogens is 2. The van der Waals surface area contributed by atoms with Gasteiger partial charge in [0.25, 0.3) is 0 Å². The van der Waals surface area contributed by atoms with E-state index in [9.17, 15) is 31.1 Å². The number of hydrogen-bond acceptors (Lipinski definition) is 4. The van der Waals surface area contributed by atoms with Gasteiger partial charge in [-0.25, -0.2) is 4.98 Å². The Bertz CT molecular complexity index is 1150. The Morgan fingerprint density at radius 1 is 1.06 bits per heavy atom. The summed E-state index contributed by atoms with van der Waals surface area (Å²) < 4.78 is 83.4. The van der Waals surface area contributed by atoms with Crippen molar-refractivity contribution in [2.75, 3.05) is 13.1 Å². The topological polar surface area (TPSA) is 78.4 Å². The molecule has 176 valence electrons. The molecular weight excluding hydrogens is 456 g/mol. The first kappa shape index (κ1) is 22.9. The van der Waals surface area contributed by atoms with Crippen molar-refractivity contribution < 1.29 is 41.0 Å². The Hall–Kier alpha value is -3.28. The SMILES string of the molecule is O=C(O)C1CN(Cc2cc3cc(OCc4cc(C(F)(F)F)cc(C(F)(F)F)c4)cnc3[nH]2)C1. The molecule has 0 amide bonds. The van der Waals surface area contributed by atoms with Gasteiger partial charge in [-0.15, -0.1) is 0 Å². The first-order chi connectivity index (χ1) is 15.4. The Labute approximate surface area is 182 Å². The summed E-state index contributed by atoms with van der Waals surface area (Å²) >= 11 is 0. The minimum atomic E-state index is -4.93. The van der Waals surface area contributed by atoms with Crippen molar-refractivity contribution in [2.45, 2.75) is 25.5 Å². The molecule has 0 spiro atoms. The van der Waals surface area contributed by atoms with Crippen LogP contribution in [0, 0.1) is 5.92 Å². The summed E-state index contributed by atoms with van der Waals surface area (Å²) in [7, 11) is 0. The maximum absolute atomic E-state index is 13.0. The molecule has 1 aliphatic rings. The number of H-pyrrole nitrogens is 1. The average Bonchev–Trinajstić information content (AvgIpc) is 3.08. The molecule has 0 bridgehead atoms. The Kier molecular flexibility index (Phi) is 5.72. The monoisotopic (exact) mass is 473 g/mol. The summed E-state index contributed by atoms with van der Waals surface area (Å²) in [5, 5.41) is 9.57. The first-order valence-electron chi connectivity index (χ1n) is 9.72. The molecule has 2 aromatic heterocycles. The Morgan fingerprint density at radius 2 is 1.70 bits per heavy atom. The van der Waals surface area contributed by atoms with Crippen LogP contribution in [-0.2, 0) is 30.3 Å². The molecule has 33 heavy (non-hydrogen) atoms. The van der Waals surface area contributed by atoms with Gasteiger partial charge in [-0.1, -0.05) is 0 Å². The molecule has 1 fully saturated rings. The number of nitrogens with zero attached hydrogens (tertiary/aromatic N) is 2. The maximum Gasteiger partial charge on any atom is 0.416 e. The molecule has 0 saturated carbocycles. The normalized spacial score (nSPS) is 15.6. The van der Waals surface area contributed by atoms with E-state index in [-0.39, 0.29) is 23.3 Å². The van der Waals surface area contributed by atoms with E-state index in [0.29, 0.717) is 42.8 Å². The fourth-order valence-corrected chi connectivity index (χ4v) is 3.58. The molecule has 6 nitrogen and oxygen atoms in total. The van der Waals surface area contributed by atoms with Gasteiger partial charge in [0, 0.05) is 30.7 Å². The van der Waals surface area contributed by atoms with Gasteiger partial charge in [0.2, 0.25) is 0 Å². The number of fused-ring (bicyclic) bond motifs is 1. The van der Waals surface area contributed by atoms with Crippen molar-refractivity contribution in [3.8, 4) is 5.75 Å². The number of ether oxygens (including phenoxy) is 1. The second-order valence-electron chi connectivity index (χ2n) is 7.84. The number of pyridine rings is 1. The molecule has 3 aromatic rings. The molecule has 0 atom stereocenters. The van der Waals surface area contributed by atoms with Crippen LogP contribution in [0.1, 0.15) is 22.4 Å². The number of alkyl halides is 6. The van der Waals surface area contributed by atoms with E-state index in [1.807, 2.05) is 4.90 Å². The molecule has 2 N–H and O–H groups in total. The summed E-state index contributed by atoms with van der Waals surface area (Å²) in [6.07, 6.45) is -8.55. The van der Waals surface area contributed by atoms with Crippen LogP contribution in [0.25, 0.3) is 11.0 Å². The number of carboxylic acid groups (broad SMARTS) is 1. The molecule has 1 saturated heterocycles. The predicted octanol–water partition coefficient (Wildman–Crippen LogP) is 4.70. The van der Waals surface area contributed by atoms with E-state index in [1.165, 1.54) is 6.20 Å². The van der Waals surface area contributed by atoms with Gasteiger partial charge in [0.05, 0.1) is 23.2 Å². The number of carbonyl (C=O) groups is 1. The number of aromatic amines is 1. The summed E-state index contributed by atoms with van der Waals surface area (Å²) in [5.41, 5.74) is -1.79. The van der Waals surface area contributed by atoms with Crippen LogP contribution in [0.3, 0.4) is 0 Å². The number of likely N-dealkylation sites (tertiary alicyclic amines) is 1. The number of carboxylic acids is 1. The fraction of sp³-hybridized carbons (Fsp3) is 0.333. The van der Waals surface area contributed by atoms with Crippen molar-refractivity contribution in [3.05, 3.63) is 58.9 Å². The van der Waals surface area contributed by atoms with Crippen LogP contribution in [0.4, 0.5) is 26.3 Å². The first-order valence-corrected chi connectivity index (χ1v) is 9.72. The lowest BCUT2D eigenvalue weighted by Crippen LogP contribution is -2.49. The number of rotatable bonds is 6. The van der Waals surface area contributed by atoms with Crippen molar-refractivity contribution >= 4 is 17.0 Å². The fourth-order valence-electron chi connectivity index (χ4n) is 3.58. The zero-order valence-corrected chi connectivity index (χ0v) is 16.8. The van der Waals surface area contributed by atoms with Crippen LogP contribution < -0.4 is 4.74 Å². The van der Waals surface area contributed by atoms with Gasteiger partial charge in [-0.2, -0.15) is 26.3 Å². The van der Waals surface area contributed by atoms with Crippen LogP contribution in [-0.4, -0.2) is 39.0 Å². The number of hydrogen-bond donors (Lipinski definition) is 2. The van der Waals surface area contributed by atoms with Crippen molar-refractivity contribution in [1.29, 1.82) is 0 Å². The van der Waals surface area contributed by atoms with E-state index < -0.39 is 36.1 Å². The molecule has 1 aliphatic heterocycles. The van der Waals surface area contributed by atoms with E-state index in [4.69, 9.17) is 9.84 Å². The lowest BCUT2D eigenvalue weighted by atomic mass is 10.0. The minimum Gasteiger partial charge on any atom is -0.487 e. The van der Waals surface area contributed by atoms with Crippen molar-refractivity contribution in [3.63, 3.8) is 0 Å². The largest absolute Gasteiger partial charge is 0.487 e. The summed E-state index contributed by atoms with van der Waals surface area (Å²) in [4.78, 5) is 20.1. The smallest absolute Gasteiger partial charge is 0.416 e. The summed E-state index contributed by atoms with van der Waals surface area (Å²) in [6, 6.07) is 4.64. The van der Waals surface area contributed by atoms with Gasteiger partial charge in [0.1, 0.15) is 18.0 Å². The van der Waals surface area contributed by atoms with E-state index in [1.54, 1.807) is 12.1 Å². The third-order valence-corrected chi connectivity index (χ3v) is 5.25. The number of halogens is 6. The molecule has 12 heteroatoms. The summed E-state index contributed by atoms with van der Waals surface area (Å²) in [5.74, 6) is -1.05. The quantitative estimate of drug-likeness (QED) is 0.508. The van der Waals surface area contributed by atoms with Gasteiger partial charge < -0.3 is 14.8 Å². The standard InChI is InChI=1S/C21H17F6N3O3/c22-20(23,24)14-1-11(2-15(5-14)21(25,26)27)10-33-17-4-12-3-16(29-18(12)28-6-17)9-30-7-13(8-30)19(31)32/h1-6,13H,7-10H2,(H,28,29)(H,31,32). The van der Waals surface area contributed by atoms with Gasteiger partial charge in [0.15, 0.2) is 0 Å². The average molecular weight is 473 g/mol. The third-order valence-electron chi connectivity index (χ3n) is 5.25. The highest BCUT2D eigenvalue weighted by Gasteiger charge is 2.37. The lowest BCUT2D eigenvalue weighted by Gasteiger charge is -2.36. The van der Waals surface area contributed by atoms with Crippen LogP contribution in [0.15, 0.2) is 36.5 Å². The van der Waals surface area contributed by atoms with Crippen molar-refractivity contribution in [2.24, 2.45) is 5.92 Å². The van der Waals surface area contributed by atoms with Crippen LogP contribution >= 0.6 is 0 Å².